The third-order valence-electron chi connectivity index (χ3n) is 3.29. The van der Waals surface area contributed by atoms with Gasteiger partial charge in [0.05, 0.1) is 12.4 Å². The molecule has 1 N–H and O–H groups in total. The molecule has 1 saturated heterocycles. The summed E-state index contributed by atoms with van der Waals surface area (Å²) in [5, 5.41) is 0. The molecule has 0 radical (unpaired) electrons. The Bertz CT molecular complexity index is 298. The molecule has 1 rings (SSSR count). The predicted molar refractivity (Wildman–Crippen MR) is 68.5 cm³/mol. The number of piperidine rings is 1. The fourth-order valence-corrected chi connectivity index (χ4v) is 2.68. The van der Waals surface area contributed by atoms with E-state index in [4.69, 9.17) is 4.74 Å². The molecule has 0 aliphatic carbocycles. The first-order valence-electron chi connectivity index (χ1n) is 6.26. The molecule has 0 spiro atoms. The molecule has 1 aliphatic rings. The number of nitrogens with one attached hydrogen (secondary N) is 1. The van der Waals surface area contributed by atoms with Crippen LogP contribution < -0.4 is 4.72 Å². The van der Waals surface area contributed by atoms with Crippen LogP contribution in [0.5, 0.6) is 0 Å². The Morgan fingerprint density at radius 3 is 2.53 bits per heavy atom. The van der Waals surface area contributed by atoms with E-state index >= 15 is 0 Å². The smallest absolute Gasteiger partial charge is 0.211 e. The van der Waals surface area contributed by atoms with E-state index in [2.05, 4.69) is 9.62 Å². The molecule has 1 fully saturated rings. The first-order valence-corrected chi connectivity index (χ1v) is 7.91. The number of ether oxygens (including phenoxy) is 1. The SMILES string of the molecule is CCS(=O)(=O)NCC1CCN(CCOC)CC1. The molecule has 0 bridgehead atoms. The molecule has 0 unspecified atom stereocenters. The molecule has 0 aromatic heterocycles. The van der Waals surface area contributed by atoms with Gasteiger partial charge in [0, 0.05) is 20.2 Å². The van der Waals surface area contributed by atoms with Crippen LogP contribution in [-0.4, -0.2) is 59.0 Å². The molecule has 0 aromatic rings. The Kier molecular flexibility index (Phi) is 6.40. The molecule has 17 heavy (non-hydrogen) atoms. The van der Waals surface area contributed by atoms with Gasteiger partial charge in [-0.05, 0) is 38.8 Å². The number of likely N-dealkylation sites (tertiary alicyclic amines) is 1. The first kappa shape index (κ1) is 14.9. The summed E-state index contributed by atoms with van der Waals surface area (Å²) in [7, 11) is -1.32. The van der Waals surface area contributed by atoms with Crippen LogP contribution in [0.1, 0.15) is 19.8 Å². The monoisotopic (exact) mass is 264 g/mol. The summed E-state index contributed by atoms with van der Waals surface area (Å²) in [6.45, 7) is 6.09. The zero-order valence-corrected chi connectivity index (χ0v) is 11.6. The number of sulfonamides is 1. The van der Waals surface area contributed by atoms with Crippen LogP contribution in [-0.2, 0) is 14.8 Å². The van der Waals surface area contributed by atoms with Crippen molar-refractivity contribution in [3.63, 3.8) is 0 Å². The summed E-state index contributed by atoms with van der Waals surface area (Å²) < 4.78 is 30.3. The molecule has 0 saturated carbocycles. The Hall–Kier alpha value is -0.170. The molecular weight excluding hydrogens is 240 g/mol. The summed E-state index contributed by atoms with van der Waals surface area (Å²) in [4.78, 5) is 2.37. The Labute approximate surface area is 105 Å². The standard InChI is InChI=1S/C11H24N2O3S/c1-3-17(14,15)12-10-11-4-6-13(7-5-11)8-9-16-2/h11-12H,3-10H2,1-2H3. The van der Waals surface area contributed by atoms with Crippen molar-refractivity contribution in [1.29, 1.82) is 0 Å². The van der Waals surface area contributed by atoms with Gasteiger partial charge in [0.2, 0.25) is 10.0 Å². The van der Waals surface area contributed by atoms with Crippen molar-refractivity contribution >= 4 is 10.0 Å². The van der Waals surface area contributed by atoms with Gasteiger partial charge in [-0.2, -0.15) is 0 Å². The Morgan fingerprint density at radius 1 is 1.35 bits per heavy atom. The minimum Gasteiger partial charge on any atom is -0.383 e. The summed E-state index contributed by atoms with van der Waals surface area (Å²) >= 11 is 0. The van der Waals surface area contributed by atoms with E-state index in [1.54, 1.807) is 14.0 Å². The Morgan fingerprint density at radius 2 is 2.00 bits per heavy atom. The van der Waals surface area contributed by atoms with Gasteiger partial charge < -0.3 is 9.64 Å². The van der Waals surface area contributed by atoms with E-state index in [9.17, 15) is 8.42 Å². The summed E-state index contributed by atoms with van der Waals surface area (Å²) in [5.41, 5.74) is 0. The van der Waals surface area contributed by atoms with E-state index in [1.165, 1.54) is 0 Å². The minimum atomic E-state index is -3.03. The minimum absolute atomic E-state index is 0.166. The van der Waals surface area contributed by atoms with Crippen LogP contribution in [0.15, 0.2) is 0 Å². The van der Waals surface area contributed by atoms with Crippen molar-refractivity contribution in [2.45, 2.75) is 19.8 Å². The maximum Gasteiger partial charge on any atom is 0.211 e. The van der Waals surface area contributed by atoms with Crippen molar-refractivity contribution in [1.82, 2.24) is 9.62 Å². The van der Waals surface area contributed by atoms with E-state index in [0.717, 1.165) is 39.1 Å². The molecule has 6 heteroatoms. The average Bonchev–Trinajstić information content (AvgIpc) is 2.35. The lowest BCUT2D eigenvalue weighted by Crippen LogP contribution is -2.40. The summed E-state index contributed by atoms with van der Waals surface area (Å²) in [6.07, 6.45) is 2.13. The zero-order valence-electron chi connectivity index (χ0n) is 10.8. The third kappa shape index (κ3) is 5.81. The van der Waals surface area contributed by atoms with Crippen LogP contribution in [0.2, 0.25) is 0 Å². The van der Waals surface area contributed by atoms with Crippen molar-refractivity contribution in [2.24, 2.45) is 5.92 Å². The maximum atomic E-state index is 11.3. The zero-order chi connectivity index (χ0) is 12.7. The molecule has 0 atom stereocenters. The fourth-order valence-electron chi connectivity index (χ4n) is 1.98. The average molecular weight is 264 g/mol. The fraction of sp³-hybridized carbons (Fsp3) is 1.00. The van der Waals surface area contributed by atoms with E-state index in [-0.39, 0.29) is 5.75 Å². The van der Waals surface area contributed by atoms with E-state index in [1.807, 2.05) is 0 Å². The lowest BCUT2D eigenvalue weighted by atomic mass is 9.97. The second kappa shape index (κ2) is 7.31. The van der Waals surface area contributed by atoms with Gasteiger partial charge in [-0.1, -0.05) is 0 Å². The molecule has 5 nitrogen and oxygen atoms in total. The van der Waals surface area contributed by atoms with Gasteiger partial charge in [-0.25, -0.2) is 13.1 Å². The number of methoxy groups -OCH3 is 1. The van der Waals surface area contributed by atoms with Crippen LogP contribution in [0, 0.1) is 5.92 Å². The highest BCUT2D eigenvalue weighted by Crippen LogP contribution is 2.16. The predicted octanol–water partition coefficient (Wildman–Crippen LogP) is 0.284. The molecule has 0 amide bonds. The van der Waals surface area contributed by atoms with E-state index < -0.39 is 10.0 Å². The normalized spacial score (nSPS) is 19.6. The van der Waals surface area contributed by atoms with Crippen LogP contribution in [0.4, 0.5) is 0 Å². The molecule has 102 valence electrons. The number of rotatable bonds is 7. The summed E-state index contributed by atoms with van der Waals surface area (Å²) in [6, 6.07) is 0. The summed E-state index contributed by atoms with van der Waals surface area (Å²) in [5.74, 6) is 0.648. The van der Waals surface area contributed by atoms with Crippen LogP contribution >= 0.6 is 0 Å². The Balaban J connectivity index is 2.19. The second-order valence-electron chi connectivity index (χ2n) is 4.53. The highest BCUT2D eigenvalue weighted by atomic mass is 32.2. The van der Waals surface area contributed by atoms with Crippen molar-refractivity contribution < 1.29 is 13.2 Å². The molecule has 0 aromatic carbocycles. The van der Waals surface area contributed by atoms with Gasteiger partial charge in [0.15, 0.2) is 0 Å². The highest BCUT2D eigenvalue weighted by molar-refractivity contribution is 7.89. The van der Waals surface area contributed by atoms with Crippen LogP contribution in [0.3, 0.4) is 0 Å². The lowest BCUT2D eigenvalue weighted by molar-refractivity contribution is 0.121. The van der Waals surface area contributed by atoms with Gasteiger partial charge in [0.1, 0.15) is 0 Å². The van der Waals surface area contributed by atoms with Crippen LogP contribution in [0.25, 0.3) is 0 Å². The largest absolute Gasteiger partial charge is 0.383 e. The van der Waals surface area contributed by atoms with Gasteiger partial charge in [-0.3, -0.25) is 0 Å². The highest BCUT2D eigenvalue weighted by Gasteiger charge is 2.20. The van der Waals surface area contributed by atoms with Crippen molar-refractivity contribution in [3.8, 4) is 0 Å². The molecule has 1 aliphatic heterocycles. The number of nitrogens with zero attached hydrogens (tertiary/aromatic N) is 1. The number of hydrogen-bond donors (Lipinski definition) is 1. The second-order valence-corrected chi connectivity index (χ2v) is 6.63. The number of hydrogen-bond acceptors (Lipinski definition) is 4. The van der Waals surface area contributed by atoms with Crippen molar-refractivity contribution in [2.75, 3.05) is 45.6 Å². The quantitative estimate of drug-likeness (QED) is 0.718. The topological polar surface area (TPSA) is 58.6 Å². The lowest BCUT2D eigenvalue weighted by Gasteiger charge is -2.31. The van der Waals surface area contributed by atoms with Crippen molar-refractivity contribution in [3.05, 3.63) is 0 Å². The van der Waals surface area contributed by atoms with Gasteiger partial charge in [0.25, 0.3) is 0 Å². The molecule has 1 heterocycles. The van der Waals surface area contributed by atoms with Gasteiger partial charge >= 0.3 is 0 Å². The van der Waals surface area contributed by atoms with Gasteiger partial charge in [-0.15, -0.1) is 0 Å². The molecular formula is C11H24N2O3S. The third-order valence-corrected chi connectivity index (χ3v) is 4.66. The first-order chi connectivity index (χ1) is 8.07. The maximum absolute atomic E-state index is 11.3. The van der Waals surface area contributed by atoms with E-state index in [0.29, 0.717) is 12.5 Å².